The van der Waals surface area contributed by atoms with Gasteiger partial charge in [-0.1, -0.05) is 0 Å². The lowest BCUT2D eigenvalue weighted by molar-refractivity contribution is 0.0490. The molecule has 22 heavy (non-hydrogen) atoms. The average Bonchev–Trinajstić information content (AvgIpc) is 2.85. The summed E-state index contributed by atoms with van der Waals surface area (Å²) in [6, 6.07) is 0. The second-order valence-corrected chi connectivity index (χ2v) is 8.32. The van der Waals surface area contributed by atoms with E-state index in [0.717, 1.165) is 0 Å². The number of hydrogen-bond acceptors (Lipinski definition) is 6. The van der Waals surface area contributed by atoms with E-state index in [-0.39, 0.29) is 23.7 Å². The number of carboxylic acid groups (broad SMARTS) is 1. The first kappa shape index (κ1) is 20.3. The van der Waals surface area contributed by atoms with Crippen molar-refractivity contribution >= 4 is 48.8 Å². The van der Waals surface area contributed by atoms with Gasteiger partial charge in [0.25, 0.3) is 0 Å². The van der Waals surface area contributed by atoms with Gasteiger partial charge in [-0.25, -0.2) is 15.0 Å². The molecule has 0 aromatic rings. The number of alkyl halides is 2. The van der Waals surface area contributed by atoms with E-state index in [2.05, 4.69) is 10.1 Å². The number of nitrogens with one attached hydrogen (secondary N) is 1. The monoisotopic (exact) mass is 395 g/mol. The number of thioether (sulfide) groups is 1. The lowest BCUT2D eigenvalue weighted by Crippen LogP contribution is -2.34. The standard InChI is InChI=1S/C10H20Cl2N3O5PS/c11-2-4-15(5-3-12)21(13,18)19-6-1-9-14-8(7-22-9)20-10(16)17/h8-9,14H,1-7H2,(H2,13,18)(H,16,17). The molecule has 3 atom stereocenters. The largest absolute Gasteiger partial charge is 0.507 e. The van der Waals surface area contributed by atoms with Gasteiger partial charge < -0.3 is 14.4 Å². The predicted octanol–water partition coefficient (Wildman–Crippen LogP) is 1.92. The van der Waals surface area contributed by atoms with Crippen LogP contribution in [0, 0.1) is 0 Å². The van der Waals surface area contributed by atoms with Crippen LogP contribution in [0.2, 0.25) is 0 Å². The zero-order chi connectivity index (χ0) is 16.6. The first-order valence-corrected chi connectivity index (χ1v) is 10.3. The zero-order valence-electron chi connectivity index (χ0n) is 11.8. The molecule has 1 aliphatic rings. The van der Waals surface area contributed by atoms with Gasteiger partial charge in [0.1, 0.15) is 0 Å². The highest BCUT2D eigenvalue weighted by Crippen LogP contribution is 2.42. The maximum atomic E-state index is 12.3. The lowest BCUT2D eigenvalue weighted by atomic mass is 10.4. The normalized spacial score (nSPS) is 24.4. The first-order chi connectivity index (χ1) is 10.4. The summed E-state index contributed by atoms with van der Waals surface area (Å²) >= 11 is 12.8. The van der Waals surface area contributed by atoms with Crippen molar-refractivity contribution in [3.63, 3.8) is 0 Å². The molecule has 0 radical (unpaired) electrons. The van der Waals surface area contributed by atoms with Gasteiger partial charge in [0.2, 0.25) is 0 Å². The van der Waals surface area contributed by atoms with Gasteiger partial charge in [-0.15, -0.1) is 35.0 Å². The Bertz CT molecular complexity index is 403. The van der Waals surface area contributed by atoms with Gasteiger partial charge in [0.15, 0.2) is 6.23 Å². The molecule has 1 aliphatic heterocycles. The molecule has 0 aliphatic carbocycles. The summed E-state index contributed by atoms with van der Waals surface area (Å²) < 4.78 is 23.7. The van der Waals surface area contributed by atoms with E-state index in [9.17, 15) is 9.36 Å². The maximum Gasteiger partial charge on any atom is 0.507 e. The number of nitrogens with zero attached hydrogens (tertiary/aromatic N) is 1. The second-order valence-electron chi connectivity index (χ2n) is 4.38. The van der Waals surface area contributed by atoms with E-state index in [1.165, 1.54) is 16.4 Å². The number of nitrogens with two attached hydrogens (primary N) is 1. The molecule has 0 aromatic carbocycles. The van der Waals surface area contributed by atoms with E-state index in [1.54, 1.807) is 0 Å². The quantitative estimate of drug-likeness (QED) is 0.289. The smallest absolute Gasteiger partial charge is 0.450 e. The van der Waals surface area contributed by atoms with Crippen molar-refractivity contribution in [1.29, 1.82) is 0 Å². The number of hydrogen-bond donors (Lipinski definition) is 3. The van der Waals surface area contributed by atoms with Gasteiger partial charge in [-0.2, -0.15) is 0 Å². The van der Waals surface area contributed by atoms with Crippen LogP contribution in [0.4, 0.5) is 4.79 Å². The minimum Gasteiger partial charge on any atom is -0.450 e. The molecule has 3 unspecified atom stereocenters. The van der Waals surface area contributed by atoms with E-state index in [1.807, 2.05) is 0 Å². The van der Waals surface area contributed by atoms with Crippen molar-refractivity contribution in [2.45, 2.75) is 18.0 Å². The predicted molar refractivity (Wildman–Crippen MR) is 87.7 cm³/mol. The van der Waals surface area contributed by atoms with E-state index in [0.29, 0.717) is 25.3 Å². The van der Waals surface area contributed by atoms with Crippen molar-refractivity contribution in [3.05, 3.63) is 0 Å². The zero-order valence-corrected chi connectivity index (χ0v) is 15.0. The highest BCUT2D eigenvalue weighted by molar-refractivity contribution is 8.00. The van der Waals surface area contributed by atoms with Gasteiger partial charge >= 0.3 is 13.8 Å². The van der Waals surface area contributed by atoms with Crippen molar-refractivity contribution in [2.24, 2.45) is 5.50 Å². The van der Waals surface area contributed by atoms with Gasteiger partial charge in [-0.3, -0.25) is 9.88 Å². The van der Waals surface area contributed by atoms with Gasteiger partial charge in [0, 0.05) is 30.6 Å². The summed E-state index contributed by atoms with van der Waals surface area (Å²) in [4.78, 5) is 10.4. The third kappa shape index (κ3) is 7.23. The lowest BCUT2D eigenvalue weighted by Gasteiger charge is -2.26. The highest BCUT2D eigenvalue weighted by Gasteiger charge is 2.29. The fourth-order valence-corrected chi connectivity index (χ4v) is 4.84. The van der Waals surface area contributed by atoms with Crippen LogP contribution in [0.3, 0.4) is 0 Å². The minimum atomic E-state index is -3.43. The van der Waals surface area contributed by atoms with E-state index >= 15 is 0 Å². The summed E-state index contributed by atoms with van der Waals surface area (Å²) in [7, 11) is -3.43. The van der Waals surface area contributed by atoms with Gasteiger partial charge in [-0.05, 0) is 6.42 Å². The number of ether oxygens (including phenoxy) is 1. The maximum absolute atomic E-state index is 12.3. The Labute approximate surface area is 143 Å². The van der Waals surface area contributed by atoms with Crippen LogP contribution in [0.25, 0.3) is 0 Å². The van der Waals surface area contributed by atoms with Crippen LogP contribution >= 0.6 is 42.6 Å². The van der Waals surface area contributed by atoms with Crippen molar-refractivity contribution < 1.29 is 23.7 Å². The van der Waals surface area contributed by atoms with Crippen molar-refractivity contribution in [3.8, 4) is 0 Å². The number of halogens is 2. The third-order valence-electron chi connectivity index (χ3n) is 2.80. The Morgan fingerprint density at radius 1 is 1.45 bits per heavy atom. The summed E-state index contributed by atoms with van der Waals surface area (Å²) in [5, 5.41) is 11.5. The van der Waals surface area contributed by atoms with Crippen LogP contribution in [0.1, 0.15) is 6.42 Å². The summed E-state index contributed by atoms with van der Waals surface area (Å²) in [6.45, 7) is 0.819. The van der Waals surface area contributed by atoms with E-state index in [4.69, 9.17) is 38.3 Å². The fourth-order valence-electron chi connectivity index (χ4n) is 1.82. The molecule has 8 nitrogen and oxygen atoms in total. The van der Waals surface area contributed by atoms with Crippen molar-refractivity contribution in [1.82, 2.24) is 9.99 Å². The molecule has 0 aromatic heterocycles. The Morgan fingerprint density at radius 2 is 2.09 bits per heavy atom. The molecular weight excluding hydrogens is 376 g/mol. The molecule has 0 saturated carbocycles. The Morgan fingerprint density at radius 3 is 2.64 bits per heavy atom. The molecule has 1 saturated heterocycles. The van der Waals surface area contributed by atoms with Gasteiger partial charge in [0.05, 0.1) is 12.0 Å². The fraction of sp³-hybridized carbons (Fsp3) is 0.900. The Hall–Kier alpha value is 0.270. The molecule has 130 valence electrons. The number of rotatable bonds is 10. The summed E-state index contributed by atoms with van der Waals surface area (Å²) in [5.74, 6) is 1.06. The molecule has 1 heterocycles. The molecular formula is C10H20Cl2N3O5PS. The first-order valence-electron chi connectivity index (χ1n) is 6.56. The Balaban J connectivity index is 2.33. The van der Waals surface area contributed by atoms with Crippen LogP contribution in [0.15, 0.2) is 0 Å². The average molecular weight is 396 g/mol. The van der Waals surface area contributed by atoms with Crippen molar-refractivity contribution in [2.75, 3.05) is 37.2 Å². The topological polar surface area (TPSA) is 114 Å². The molecule has 1 rings (SSSR count). The third-order valence-corrected chi connectivity index (χ3v) is 6.15. The molecule has 0 amide bonds. The molecule has 0 bridgehead atoms. The van der Waals surface area contributed by atoms with Crippen LogP contribution < -0.4 is 10.8 Å². The molecule has 0 spiro atoms. The number of carbonyl (C=O) groups is 1. The molecule has 1 fully saturated rings. The van der Waals surface area contributed by atoms with Crippen LogP contribution in [-0.4, -0.2) is 64.7 Å². The molecule has 4 N–H and O–H groups in total. The highest BCUT2D eigenvalue weighted by atomic mass is 35.5. The Kier molecular flexibility index (Phi) is 9.42. The summed E-state index contributed by atoms with van der Waals surface area (Å²) in [5.41, 5.74) is 5.72. The summed E-state index contributed by atoms with van der Waals surface area (Å²) in [6.07, 6.45) is -1.35. The second kappa shape index (κ2) is 10.2. The van der Waals surface area contributed by atoms with E-state index < -0.39 is 20.1 Å². The van der Waals surface area contributed by atoms with Crippen LogP contribution in [-0.2, 0) is 13.8 Å². The van der Waals surface area contributed by atoms with Crippen LogP contribution in [0.5, 0.6) is 0 Å². The minimum absolute atomic E-state index is 0.0427. The SMILES string of the molecule is NP(=O)(OCCC1NC(OC(=O)O)CS1)N(CCCl)CCCl. The molecule has 12 heteroatoms.